The highest BCUT2D eigenvalue weighted by Crippen LogP contribution is 2.32. The number of carbonyl (C=O) groups excluding carboxylic acids is 1. The number of nitrogens with zero attached hydrogens (tertiary/aromatic N) is 2. The number of anilines is 1. The van der Waals surface area contributed by atoms with E-state index >= 15 is 0 Å². The number of nitrogens with one attached hydrogen (secondary N) is 1. The normalized spacial score (nSPS) is 17.5. The number of methoxy groups -OCH3 is 1. The lowest BCUT2D eigenvalue weighted by atomic mass is 10.1. The lowest BCUT2D eigenvalue weighted by Gasteiger charge is -2.25. The van der Waals surface area contributed by atoms with Gasteiger partial charge < -0.3 is 19.5 Å². The quantitative estimate of drug-likeness (QED) is 0.944. The van der Waals surface area contributed by atoms with E-state index in [1.807, 2.05) is 48.5 Å². The summed E-state index contributed by atoms with van der Waals surface area (Å²) < 4.78 is 7.21. The number of aromatic nitrogens is 1. The summed E-state index contributed by atoms with van der Waals surface area (Å²) in [5.41, 5.74) is 1.96. The second-order valence-electron chi connectivity index (χ2n) is 5.55. The van der Waals surface area contributed by atoms with Crippen LogP contribution in [0.5, 0.6) is 5.75 Å². The Labute approximate surface area is 130 Å². The number of urea groups is 1. The highest BCUT2D eigenvalue weighted by Gasteiger charge is 2.31. The highest BCUT2D eigenvalue weighted by molar-refractivity contribution is 5.89. The monoisotopic (exact) mass is 299 g/mol. The van der Waals surface area contributed by atoms with Gasteiger partial charge in [-0.15, -0.1) is 0 Å². The summed E-state index contributed by atoms with van der Waals surface area (Å²) in [6.07, 6.45) is 4.06. The Bertz CT molecular complexity index is 648. The van der Waals surface area contributed by atoms with Gasteiger partial charge in [0.2, 0.25) is 0 Å². The molecule has 1 aliphatic heterocycles. The van der Waals surface area contributed by atoms with Crippen molar-refractivity contribution in [1.29, 1.82) is 0 Å². The second kappa shape index (κ2) is 6.13. The van der Waals surface area contributed by atoms with Crippen LogP contribution in [0.2, 0.25) is 0 Å². The van der Waals surface area contributed by atoms with Crippen molar-refractivity contribution in [2.45, 2.75) is 18.9 Å². The maximum absolute atomic E-state index is 12.6. The van der Waals surface area contributed by atoms with Gasteiger partial charge in [-0.25, -0.2) is 4.79 Å². The predicted molar refractivity (Wildman–Crippen MR) is 86.1 cm³/mol. The lowest BCUT2D eigenvalue weighted by Crippen LogP contribution is -2.35. The van der Waals surface area contributed by atoms with E-state index < -0.39 is 0 Å². The van der Waals surface area contributed by atoms with E-state index in [-0.39, 0.29) is 12.1 Å². The SMILES string of the molecule is COc1ccc(NC(=O)N2CCCC2c2cccn2C)cc1. The van der Waals surface area contributed by atoms with Crippen molar-refractivity contribution in [1.82, 2.24) is 9.47 Å². The first-order valence-corrected chi connectivity index (χ1v) is 7.52. The molecular formula is C17H21N3O2. The van der Waals surface area contributed by atoms with Crippen LogP contribution in [0.4, 0.5) is 10.5 Å². The summed E-state index contributed by atoms with van der Waals surface area (Å²) in [5, 5.41) is 2.97. The van der Waals surface area contributed by atoms with Crippen molar-refractivity contribution in [3.63, 3.8) is 0 Å². The van der Waals surface area contributed by atoms with Gasteiger partial charge in [0.15, 0.2) is 0 Å². The lowest BCUT2D eigenvalue weighted by molar-refractivity contribution is 0.205. The average molecular weight is 299 g/mol. The number of benzene rings is 1. The van der Waals surface area contributed by atoms with E-state index in [1.165, 1.54) is 5.69 Å². The van der Waals surface area contributed by atoms with Crippen LogP contribution in [0.15, 0.2) is 42.6 Å². The van der Waals surface area contributed by atoms with Crippen LogP contribution in [0.3, 0.4) is 0 Å². The van der Waals surface area contributed by atoms with Gasteiger partial charge in [0.05, 0.1) is 13.2 Å². The van der Waals surface area contributed by atoms with Crippen molar-refractivity contribution in [3.05, 3.63) is 48.3 Å². The largest absolute Gasteiger partial charge is 0.497 e. The maximum Gasteiger partial charge on any atom is 0.322 e. The fraction of sp³-hybridized carbons (Fsp3) is 0.353. The van der Waals surface area contributed by atoms with Crippen LogP contribution in [0, 0.1) is 0 Å². The Morgan fingerprint density at radius 1 is 1.27 bits per heavy atom. The van der Waals surface area contributed by atoms with Crippen molar-refractivity contribution in [3.8, 4) is 5.75 Å². The van der Waals surface area contributed by atoms with Crippen molar-refractivity contribution >= 4 is 11.7 Å². The Morgan fingerprint density at radius 3 is 2.68 bits per heavy atom. The van der Waals surface area contributed by atoms with Gasteiger partial charge in [0.25, 0.3) is 0 Å². The van der Waals surface area contributed by atoms with E-state index in [9.17, 15) is 4.79 Å². The Morgan fingerprint density at radius 2 is 2.05 bits per heavy atom. The first kappa shape index (κ1) is 14.5. The van der Waals surface area contributed by atoms with Crippen LogP contribution >= 0.6 is 0 Å². The molecule has 0 aliphatic carbocycles. The van der Waals surface area contributed by atoms with Crippen LogP contribution in [0.1, 0.15) is 24.6 Å². The number of likely N-dealkylation sites (tertiary alicyclic amines) is 1. The number of ether oxygens (including phenoxy) is 1. The average Bonchev–Trinajstić information content (AvgIpc) is 3.16. The molecule has 2 aromatic rings. The van der Waals surface area contributed by atoms with E-state index in [2.05, 4.69) is 16.0 Å². The molecule has 1 aromatic heterocycles. The number of aryl methyl sites for hydroxylation is 1. The number of carbonyl (C=O) groups is 1. The molecule has 0 saturated carbocycles. The third kappa shape index (κ3) is 2.79. The summed E-state index contributed by atoms with van der Waals surface area (Å²) in [6, 6.07) is 11.6. The van der Waals surface area contributed by atoms with E-state index in [4.69, 9.17) is 4.74 Å². The zero-order chi connectivity index (χ0) is 15.5. The minimum absolute atomic E-state index is 0.0473. The zero-order valence-electron chi connectivity index (χ0n) is 13.0. The molecule has 1 aliphatic rings. The zero-order valence-corrected chi connectivity index (χ0v) is 13.0. The highest BCUT2D eigenvalue weighted by atomic mass is 16.5. The maximum atomic E-state index is 12.6. The molecule has 1 fully saturated rings. The molecular weight excluding hydrogens is 278 g/mol. The third-order valence-electron chi connectivity index (χ3n) is 4.18. The van der Waals surface area contributed by atoms with Gasteiger partial charge in [0.1, 0.15) is 5.75 Å². The molecule has 1 unspecified atom stereocenters. The second-order valence-corrected chi connectivity index (χ2v) is 5.55. The number of amides is 2. The van der Waals surface area contributed by atoms with Crippen molar-refractivity contribution in [2.24, 2.45) is 7.05 Å². The van der Waals surface area contributed by atoms with Crippen LogP contribution in [-0.2, 0) is 7.05 Å². The summed E-state index contributed by atoms with van der Waals surface area (Å²) in [5.74, 6) is 0.779. The van der Waals surface area contributed by atoms with Crippen LogP contribution in [-0.4, -0.2) is 29.2 Å². The summed E-state index contributed by atoms with van der Waals surface area (Å²) >= 11 is 0. The van der Waals surface area contributed by atoms with Gasteiger partial charge in [-0.3, -0.25) is 0 Å². The number of rotatable bonds is 3. The molecule has 0 radical (unpaired) electrons. The molecule has 2 amide bonds. The molecule has 2 heterocycles. The number of hydrogen-bond acceptors (Lipinski definition) is 2. The van der Waals surface area contributed by atoms with E-state index in [1.54, 1.807) is 7.11 Å². The Hall–Kier alpha value is -2.43. The van der Waals surface area contributed by atoms with Gasteiger partial charge in [0, 0.05) is 31.2 Å². The Balaban J connectivity index is 1.72. The van der Waals surface area contributed by atoms with Crippen LogP contribution < -0.4 is 10.1 Å². The predicted octanol–water partition coefficient (Wildman–Crippen LogP) is 3.40. The molecule has 5 nitrogen and oxygen atoms in total. The first-order chi connectivity index (χ1) is 10.7. The smallest absolute Gasteiger partial charge is 0.322 e. The van der Waals surface area contributed by atoms with E-state index in [0.717, 1.165) is 30.8 Å². The minimum Gasteiger partial charge on any atom is -0.497 e. The van der Waals surface area contributed by atoms with Crippen molar-refractivity contribution in [2.75, 3.05) is 19.0 Å². The molecule has 1 saturated heterocycles. The molecule has 1 atom stereocenters. The molecule has 116 valence electrons. The molecule has 3 rings (SSSR count). The first-order valence-electron chi connectivity index (χ1n) is 7.52. The molecule has 1 N–H and O–H groups in total. The topological polar surface area (TPSA) is 46.5 Å². The Kier molecular flexibility index (Phi) is 4.04. The molecule has 0 bridgehead atoms. The van der Waals surface area contributed by atoms with Gasteiger partial charge >= 0.3 is 6.03 Å². The molecule has 5 heteroatoms. The minimum atomic E-state index is -0.0473. The van der Waals surface area contributed by atoms with E-state index in [0.29, 0.717) is 0 Å². The van der Waals surface area contributed by atoms with Gasteiger partial charge in [-0.2, -0.15) is 0 Å². The fourth-order valence-corrected chi connectivity index (χ4v) is 3.01. The number of hydrogen-bond donors (Lipinski definition) is 1. The summed E-state index contributed by atoms with van der Waals surface area (Å²) in [6.45, 7) is 0.790. The summed E-state index contributed by atoms with van der Waals surface area (Å²) in [4.78, 5) is 14.5. The van der Waals surface area contributed by atoms with Crippen molar-refractivity contribution < 1.29 is 9.53 Å². The van der Waals surface area contributed by atoms with Gasteiger partial charge in [-0.1, -0.05) is 0 Å². The van der Waals surface area contributed by atoms with Crippen LogP contribution in [0.25, 0.3) is 0 Å². The third-order valence-corrected chi connectivity index (χ3v) is 4.18. The molecule has 22 heavy (non-hydrogen) atoms. The molecule has 1 aromatic carbocycles. The molecule has 0 spiro atoms. The van der Waals surface area contributed by atoms with Gasteiger partial charge in [-0.05, 0) is 49.2 Å². The standard InChI is InChI=1S/C17H21N3O2/c1-19-11-3-5-15(19)16-6-4-12-20(16)17(21)18-13-7-9-14(22-2)10-8-13/h3,5,7-11,16H,4,6,12H2,1-2H3,(H,18,21). The summed E-state index contributed by atoms with van der Waals surface area (Å²) in [7, 11) is 3.65. The fourth-order valence-electron chi connectivity index (χ4n) is 3.01.